The number of amides is 1. The second-order valence-corrected chi connectivity index (χ2v) is 7.39. The zero-order chi connectivity index (χ0) is 22.2. The quantitative estimate of drug-likeness (QED) is 0.452. The largest absolute Gasteiger partial charge is 0.494 e. The van der Waals surface area contributed by atoms with Crippen LogP contribution in [0.3, 0.4) is 0 Å². The molecule has 0 radical (unpaired) electrons. The highest BCUT2D eigenvalue weighted by atomic mass is 35.5. The molecular formula is C24H30ClN3O4. The van der Waals surface area contributed by atoms with Crippen molar-refractivity contribution in [2.45, 2.75) is 45.4 Å². The van der Waals surface area contributed by atoms with Gasteiger partial charge in [0.1, 0.15) is 23.8 Å². The number of aryl methyl sites for hydroxylation is 1. The fourth-order valence-corrected chi connectivity index (χ4v) is 3.45. The molecule has 1 amide bonds. The smallest absolute Gasteiger partial charge is 0.268 e. The molecule has 7 nitrogen and oxygen atoms in total. The highest BCUT2D eigenvalue weighted by Gasteiger charge is 2.19. The molecule has 0 unspecified atom stereocenters. The lowest BCUT2D eigenvalue weighted by Crippen LogP contribution is -2.21. The normalized spacial score (nSPS) is 12.5. The summed E-state index contributed by atoms with van der Waals surface area (Å²) < 4.78 is 13.3. The first-order valence-corrected chi connectivity index (χ1v) is 10.4. The van der Waals surface area contributed by atoms with Crippen molar-refractivity contribution in [1.82, 2.24) is 9.55 Å². The van der Waals surface area contributed by atoms with Gasteiger partial charge in [0.05, 0.1) is 25.1 Å². The van der Waals surface area contributed by atoms with Gasteiger partial charge in [0, 0.05) is 6.20 Å². The molecule has 8 heteroatoms. The summed E-state index contributed by atoms with van der Waals surface area (Å²) >= 11 is 0. The average Bonchev–Trinajstić information content (AvgIpc) is 3.24. The van der Waals surface area contributed by atoms with Crippen LogP contribution < -0.4 is 15.2 Å². The highest BCUT2D eigenvalue weighted by Crippen LogP contribution is 2.26. The molecule has 0 aliphatic carbocycles. The molecule has 32 heavy (non-hydrogen) atoms. The van der Waals surface area contributed by atoms with Crippen molar-refractivity contribution in [3.8, 4) is 11.5 Å². The highest BCUT2D eigenvalue weighted by molar-refractivity contribution is 5.90. The van der Waals surface area contributed by atoms with Crippen LogP contribution in [0, 0.1) is 0 Å². The van der Waals surface area contributed by atoms with Crippen molar-refractivity contribution in [3.05, 3.63) is 77.9 Å². The molecular weight excluding hydrogens is 430 g/mol. The van der Waals surface area contributed by atoms with Crippen LogP contribution in [0.2, 0.25) is 0 Å². The molecule has 2 aromatic carbocycles. The molecule has 172 valence electrons. The number of carbonyl (C=O) groups excluding carboxylic acids is 1. The average molecular weight is 460 g/mol. The van der Waals surface area contributed by atoms with Gasteiger partial charge < -0.3 is 24.9 Å². The number of aromatic nitrogens is 2. The second-order valence-electron chi connectivity index (χ2n) is 7.39. The van der Waals surface area contributed by atoms with Gasteiger partial charge in [-0.25, -0.2) is 4.98 Å². The molecule has 3 rings (SSSR count). The number of nitrogens with zero attached hydrogens (tertiary/aromatic N) is 2. The topological polar surface area (TPSA) is 99.6 Å². The number of carbonyl (C=O) groups is 1. The first-order valence-electron chi connectivity index (χ1n) is 10.4. The van der Waals surface area contributed by atoms with E-state index in [4.69, 9.17) is 15.2 Å². The lowest BCUT2D eigenvalue weighted by atomic mass is 10.0. The monoisotopic (exact) mass is 459 g/mol. The van der Waals surface area contributed by atoms with Crippen LogP contribution in [-0.4, -0.2) is 33.3 Å². The van der Waals surface area contributed by atoms with Crippen LogP contribution in [0.1, 0.15) is 47.9 Å². The fraction of sp³-hybridized carbons (Fsp3) is 0.333. The van der Waals surface area contributed by atoms with Crippen molar-refractivity contribution in [2.75, 3.05) is 6.61 Å². The van der Waals surface area contributed by atoms with Gasteiger partial charge in [0.25, 0.3) is 5.91 Å². The van der Waals surface area contributed by atoms with Crippen molar-refractivity contribution >= 4 is 18.3 Å². The summed E-state index contributed by atoms with van der Waals surface area (Å²) in [6.07, 6.45) is 3.83. The van der Waals surface area contributed by atoms with Gasteiger partial charge in [-0.1, -0.05) is 30.3 Å². The van der Waals surface area contributed by atoms with E-state index in [0.29, 0.717) is 26.1 Å². The van der Waals surface area contributed by atoms with Crippen LogP contribution in [-0.2, 0) is 13.0 Å². The molecule has 3 aromatic rings. The number of benzene rings is 2. The van der Waals surface area contributed by atoms with Gasteiger partial charge in [-0.3, -0.25) is 4.79 Å². The number of para-hydroxylation sites is 1. The van der Waals surface area contributed by atoms with Crippen molar-refractivity contribution in [1.29, 1.82) is 0 Å². The number of ether oxygens (including phenoxy) is 2. The summed E-state index contributed by atoms with van der Waals surface area (Å²) in [7, 11) is 0. The Kier molecular flexibility index (Phi) is 9.56. The Morgan fingerprint density at radius 3 is 2.50 bits per heavy atom. The van der Waals surface area contributed by atoms with E-state index >= 15 is 0 Å². The Balaban J connectivity index is 0.00000363. The van der Waals surface area contributed by atoms with Gasteiger partial charge in [-0.15, -0.1) is 12.4 Å². The molecule has 0 fully saturated rings. The van der Waals surface area contributed by atoms with E-state index in [0.717, 1.165) is 22.6 Å². The van der Waals surface area contributed by atoms with E-state index in [9.17, 15) is 9.90 Å². The SMILES string of the molecule is CCOc1ccc(COc2ccccc2CC[C@H]([C@H](C)O)n2cnc(C(N)=O)c2)cc1.Cl. The van der Waals surface area contributed by atoms with Crippen molar-refractivity contribution < 1.29 is 19.4 Å². The van der Waals surface area contributed by atoms with E-state index in [1.54, 1.807) is 17.7 Å². The van der Waals surface area contributed by atoms with E-state index in [-0.39, 0.29) is 24.1 Å². The van der Waals surface area contributed by atoms with Crippen molar-refractivity contribution in [3.63, 3.8) is 0 Å². The first-order chi connectivity index (χ1) is 15.0. The predicted octanol–water partition coefficient (Wildman–Crippen LogP) is 3.94. The number of primary amides is 1. The van der Waals surface area contributed by atoms with Gasteiger partial charge in [0.15, 0.2) is 0 Å². The summed E-state index contributed by atoms with van der Waals surface area (Å²) in [5.41, 5.74) is 7.58. The Bertz CT molecular complexity index is 989. The number of hydrogen-bond donors (Lipinski definition) is 2. The molecule has 1 aromatic heterocycles. The number of imidazole rings is 1. The van der Waals surface area contributed by atoms with Gasteiger partial charge in [-0.05, 0) is 56.0 Å². The minimum absolute atomic E-state index is 0. The Morgan fingerprint density at radius 1 is 1.16 bits per heavy atom. The third-order valence-electron chi connectivity index (χ3n) is 5.10. The Morgan fingerprint density at radius 2 is 1.88 bits per heavy atom. The number of aliphatic hydroxyl groups excluding tert-OH is 1. The summed E-state index contributed by atoms with van der Waals surface area (Å²) in [6.45, 7) is 4.77. The third-order valence-corrected chi connectivity index (χ3v) is 5.10. The van der Waals surface area contributed by atoms with Crippen molar-refractivity contribution in [2.24, 2.45) is 5.73 Å². The minimum Gasteiger partial charge on any atom is -0.494 e. The molecule has 1 heterocycles. The Hall–Kier alpha value is -3.03. The fourth-order valence-electron chi connectivity index (χ4n) is 3.45. The zero-order valence-electron chi connectivity index (χ0n) is 18.3. The zero-order valence-corrected chi connectivity index (χ0v) is 19.1. The summed E-state index contributed by atoms with van der Waals surface area (Å²) in [5.74, 6) is 1.06. The molecule has 0 aliphatic rings. The molecule has 3 N–H and O–H groups in total. The number of hydrogen-bond acceptors (Lipinski definition) is 5. The van der Waals surface area contributed by atoms with E-state index < -0.39 is 12.0 Å². The molecule has 2 atom stereocenters. The predicted molar refractivity (Wildman–Crippen MR) is 125 cm³/mol. The maximum atomic E-state index is 11.3. The number of halogens is 1. The first kappa shape index (κ1) is 25.2. The molecule has 0 aliphatic heterocycles. The molecule has 0 saturated carbocycles. The van der Waals surface area contributed by atoms with E-state index in [2.05, 4.69) is 4.98 Å². The third kappa shape index (κ3) is 6.73. The van der Waals surface area contributed by atoms with Crippen LogP contribution in [0.4, 0.5) is 0 Å². The van der Waals surface area contributed by atoms with Gasteiger partial charge in [-0.2, -0.15) is 0 Å². The standard InChI is InChI=1S/C24H29N3O4.ClH/c1-3-30-20-11-8-18(9-12-20)15-31-23-7-5-4-6-19(23)10-13-22(17(2)28)27-14-21(24(25)29)26-16-27;/h4-9,11-12,14,16-17,22,28H,3,10,13,15H2,1-2H3,(H2,25,29);1H/t17-,22+;/m0./s1. The van der Waals surface area contributed by atoms with Crippen LogP contribution in [0.25, 0.3) is 0 Å². The molecule has 0 saturated heterocycles. The lowest BCUT2D eigenvalue weighted by Gasteiger charge is -2.22. The van der Waals surface area contributed by atoms with E-state index in [1.807, 2.05) is 55.5 Å². The van der Waals surface area contributed by atoms with Gasteiger partial charge in [0.2, 0.25) is 0 Å². The maximum absolute atomic E-state index is 11.3. The van der Waals surface area contributed by atoms with Crippen LogP contribution in [0.5, 0.6) is 11.5 Å². The number of rotatable bonds is 11. The Labute approximate surface area is 194 Å². The molecule has 0 spiro atoms. The van der Waals surface area contributed by atoms with E-state index in [1.165, 1.54) is 6.33 Å². The van der Waals surface area contributed by atoms with Crippen LogP contribution in [0.15, 0.2) is 61.1 Å². The number of aliphatic hydroxyl groups is 1. The maximum Gasteiger partial charge on any atom is 0.268 e. The number of nitrogens with two attached hydrogens (primary N) is 1. The summed E-state index contributed by atoms with van der Waals surface area (Å²) in [6, 6.07) is 15.5. The molecule has 0 bridgehead atoms. The second kappa shape index (κ2) is 12.1. The summed E-state index contributed by atoms with van der Waals surface area (Å²) in [5, 5.41) is 10.3. The minimum atomic E-state index is -0.619. The van der Waals surface area contributed by atoms with Gasteiger partial charge >= 0.3 is 0 Å². The summed E-state index contributed by atoms with van der Waals surface area (Å²) in [4.78, 5) is 15.3. The lowest BCUT2D eigenvalue weighted by molar-refractivity contribution is 0.0994. The van der Waals surface area contributed by atoms with Crippen LogP contribution >= 0.6 is 12.4 Å².